The third-order valence-corrected chi connectivity index (χ3v) is 3.29. The number of ketones is 1. The molecule has 0 saturated heterocycles. The number of halogens is 1. The zero-order chi connectivity index (χ0) is 14.0. The number of nitrogen functional groups attached to an aromatic ring is 1. The number of benzene rings is 2. The summed E-state index contributed by atoms with van der Waals surface area (Å²) in [6, 6.07) is 12.9. The van der Waals surface area contributed by atoms with E-state index in [-0.39, 0.29) is 5.78 Å². The molecule has 98 valence electrons. The first-order valence-electron chi connectivity index (χ1n) is 6.07. The molecule has 0 radical (unpaired) electrons. The summed E-state index contributed by atoms with van der Waals surface area (Å²) in [4.78, 5) is 12.5. The molecule has 2 rings (SSSR count). The van der Waals surface area contributed by atoms with Gasteiger partial charge in [0.1, 0.15) is 5.82 Å². The van der Waals surface area contributed by atoms with Crippen LogP contribution in [-0.4, -0.2) is 5.78 Å². The molecule has 0 amide bonds. The van der Waals surface area contributed by atoms with E-state index < -0.39 is 11.2 Å². The molecule has 0 aliphatic heterocycles. The minimum atomic E-state index is -0.721. The first-order valence-corrected chi connectivity index (χ1v) is 6.07. The van der Waals surface area contributed by atoms with Crippen molar-refractivity contribution in [3.05, 3.63) is 65.5 Å². The van der Waals surface area contributed by atoms with Gasteiger partial charge in [0.05, 0.1) is 5.41 Å². The molecule has 0 bridgehead atoms. The fraction of sp³-hybridized carbons (Fsp3) is 0.188. The smallest absolute Gasteiger partial charge is 0.172 e. The SMILES string of the molecule is CC(C)(C(=O)c1cccc(F)c1)c1ccc(N)cc1. The molecule has 0 aliphatic carbocycles. The maximum atomic E-state index is 13.2. The third-order valence-electron chi connectivity index (χ3n) is 3.29. The predicted octanol–water partition coefficient (Wildman–Crippen LogP) is 3.57. The summed E-state index contributed by atoms with van der Waals surface area (Å²) in [5, 5.41) is 0. The summed E-state index contributed by atoms with van der Waals surface area (Å²) in [5.41, 5.74) is 6.81. The van der Waals surface area contributed by atoms with Crippen LogP contribution in [0, 0.1) is 5.82 Å². The van der Waals surface area contributed by atoms with Crippen molar-refractivity contribution < 1.29 is 9.18 Å². The first-order chi connectivity index (χ1) is 8.91. The molecule has 0 saturated carbocycles. The number of carbonyl (C=O) groups excluding carboxylic acids is 1. The highest BCUT2D eigenvalue weighted by Crippen LogP contribution is 2.28. The van der Waals surface area contributed by atoms with Crippen molar-refractivity contribution in [1.29, 1.82) is 0 Å². The van der Waals surface area contributed by atoms with Crippen molar-refractivity contribution in [3.8, 4) is 0 Å². The van der Waals surface area contributed by atoms with Crippen LogP contribution in [-0.2, 0) is 5.41 Å². The Labute approximate surface area is 112 Å². The zero-order valence-corrected chi connectivity index (χ0v) is 11.0. The van der Waals surface area contributed by atoms with Crippen LogP contribution in [0.15, 0.2) is 48.5 Å². The molecule has 0 unspecified atom stereocenters. The van der Waals surface area contributed by atoms with Gasteiger partial charge in [-0.3, -0.25) is 4.79 Å². The Hall–Kier alpha value is -2.16. The van der Waals surface area contributed by atoms with Gasteiger partial charge in [0.25, 0.3) is 0 Å². The van der Waals surface area contributed by atoms with Gasteiger partial charge < -0.3 is 5.73 Å². The average molecular weight is 257 g/mol. The molecule has 0 aromatic heterocycles. The van der Waals surface area contributed by atoms with E-state index in [0.29, 0.717) is 11.3 Å². The monoisotopic (exact) mass is 257 g/mol. The zero-order valence-electron chi connectivity index (χ0n) is 11.0. The highest BCUT2D eigenvalue weighted by atomic mass is 19.1. The summed E-state index contributed by atoms with van der Waals surface area (Å²) in [6.07, 6.45) is 0. The lowest BCUT2D eigenvalue weighted by molar-refractivity contribution is 0.0908. The molecule has 0 aliphatic rings. The second kappa shape index (κ2) is 4.84. The normalized spacial score (nSPS) is 11.3. The van der Waals surface area contributed by atoms with Gasteiger partial charge >= 0.3 is 0 Å². The maximum absolute atomic E-state index is 13.2. The topological polar surface area (TPSA) is 43.1 Å². The number of nitrogens with two attached hydrogens (primary N) is 1. The molecule has 2 N–H and O–H groups in total. The molecule has 19 heavy (non-hydrogen) atoms. The van der Waals surface area contributed by atoms with Crippen LogP contribution in [0.4, 0.5) is 10.1 Å². The summed E-state index contributed by atoms with van der Waals surface area (Å²) in [7, 11) is 0. The lowest BCUT2D eigenvalue weighted by Gasteiger charge is -2.24. The van der Waals surface area contributed by atoms with Crippen molar-refractivity contribution >= 4 is 11.5 Å². The summed E-state index contributed by atoms with van der Waals surface area (Å²) in [6.45, 7) is 3.65. The molecule has 3 heteroatoms. The van der Waals surface area contributed by atoms with Gasteiger partial charge in [0, 0.05) is 11.3 Å². The summed E-state index contributed by atoms with van der Waals surface area (Å²) < 4.78 is 13.2. The van der Waals surface area contributed by atoms with Crippen LogP contribution < -0.4 is 5.73 Å². The molecule has 0 fully saturated rings. The van der Waals surface area contributed by atoms with Crippen molar-refractivity contribution in [2.45, 2.75) is 19.3 Å². The standard InChI is InChI=1S/C16H16FNO/c1-16(2,12-6-8-14(18)9-7-12)15(19)11-4-3-5-13(17)10-11/h3-10H,18H2,1-2H3. The number of carbonyl (C=O) groups is 1. The number of Topliss-reactive ketones (excluding diaryl/α,β-unsaturated/α-hetero) is 1. The Morgan fingerprint density at radius 2 is 1.74 bits per heavy atom. The number of rotatable bonds is 3. The summed E-state index contributed by atoms with van der Waals surface area (Å²) >= 11 is 0. The second-order valence-corrected chi connectivity index (χ2v) is 5.09. The molecule has 0 spiro atoms. The van der Waals surface area contributed by atoms with E-state index in [4.69, 9.17) is 5.73 Å². The van der Waals surface area contributed by atoms with Gasteiger partial charge in [-0.05, 0) is 43.7 Å². The van der Waals surface area contributed by atoms with Crippen LogP contribution in [0.5, 0.6) is 0 Å². The Kier molecular flexibility index (Phi) is 3.38. The first kappa shape index (κ1) is 13.3. The predicted molar refractivity (Wildman–Crippen MR) is 74.6 cm³/mol. The fourth-order valence-electron chi connectivity index (χ4n) is 2.02. The molecular weight excluding hydrogens is 241 g/mol. The van der Waals surface area contributed by atoms with E-state index in [0.717, 1.165) is 5.56 Å². The van der Waals surface area contributed by atoms with Crippen LogP contribution in [0.25, 0.3) is 0 Å². The number of hydrogen-bond donors (Lipinski definition) is 1. The lowest BCUT2D eigenvalue weighted by Crippen LogP contribution is -2.29. The van der Waals surface area contributed by atoms with Crippen LogP contribution in [0.3, 0.4) is 0 Å². The van der Waals surface area contributed by atoms with Crippen molar-refractivity contribution in [1.82, 2.24) is 0 Å². The van der Waals surface area contributed by atoms with E-state index in [1.807, 2.05) is 26.0 Å². The molecule has 2 aromatic rings. The van der Waals surface area contributed by atoms with Gasteiger partial charge in [-0.2, -0.15) is 0 Å². The third kappa shape index (κ3) is 2.65. The minimum absolute atomic E-state index is 0.114. The number of anilines is 1. The molecule has 0 heterocycles. The van der Waals surface area contributed by atoms with Gasteiger partial charge in [0.15, 0.2) is 5.78 Å². The van der Waals surface area contributed by atoms with Gasteiger partial charge in [-0.25, -0.2) is 4.39 Å². The quantitative estimate of drug-likeness (QED) is 0.674. The largest absolute Gasteiger partial charge is 0.399 e. The molecule has 2 nitrogen and oxygen atoms in total. The molecule has 2 aromatic carbocycles. The second-order valence-electron chi connectivity index (χ2n) is 5.09. The Morgan fingerprint density at radius 3 is 2.32 bits per heavy atom. The van der Waals surface area contributed by atoms with Gasteiger partial charge in [0.2, 0.25) is 0 Å². The number of hydrogen-bond acceptors (Lipinski definition) is 2. The highest BCUT2D eigenvalue weighted by molar-refractivity contribution is 6.03. The Bertz CT molecular complexity index is 602. The van der Waals surface area contributed by atoms with Crippen LogP contribution in [0.1, 0.15) is 29.8 Å². The highest BCUT2D eigenvalue weighted by Gasteiger charge is 2.30. The minimum Gasteiger partial charge on any atom is -0.399 e. The van der Waals surface area contributed by atoms with E-state index in [1.54, 1.807) is 24.3 Å². The molecule has 0 atom stereocenters. The van der Waals surface area contributed by atoms with Crippen molar-refractivity contribution in [2.75, 3.05) is 5.73 Å². The Morgan fingerprint density at radius 1 is 1.11 bits per heavy atom. The van der Waals surface area contributed by atoms with Gasteiger partial charge in [-0.1, -0.05) is 24.3 Å². The van der Waals surface area contributed by atoms with Crippen LogP contribution >= 0.6 is 0 Å². The lowest BCUT2D eigenvalue weighted by atomic mass is 9.78. The average Bonchev–Trinajstić information content (AvgIpc) is 2.38. The van der Waals surface area contributed by atoms with E-state index in [1.165, 1.54) is 12.1 Å². The Balaban J connectivity index is 2.38. The van der Waals surface area contributed by atoms with Crippen molar-refractivity contribution in [3.63, 3.8) is 0 Å². The van der Waals surface area contributed by atoms with Crippen LogP contribution in [0.2, 0.25) is 0 Å². The fourth-order valence-corrected chi connectivity index (χ4v) is 2.02. The van der Waals surface area contributed by atoms with Gasteiger partial charge in [-0.15, -0.1) is 0 Å². The maximum Gasteiger partial charge on any atom is 0.172 e. The van der Waals surface area contributed by atoms with E-state index >= 15 is 0 Å². The van der Waals surface area contributed by atoms with E-state index in [2.05, 4.69) is 0 Å². The summed E-state index contributed by atoms with van der Waals surface area (Å²) in [5.74, 6) is -0.518. The van der Waals surface area contributed by atoms with Crippen molar-refractivity contribution in [2.24, 2.45) is 0 Å². The molecular formula is C16H16FNO. The van der Waals surface area contributed by atoms with E-state index in [9.17, 15) is 9.18 Å².